The third-order valence-corrected chi connectivity index (χ3v) is 6.69. The van der Waals surface area contributed by atoms with Gasteiger partial charge in [0.1, 0.15) is 24.4 Å². The van der Waals surface area contributed by atoms with Crippen molar-refractivity contribution >= 4 is 11.9 Å². The second kappa shape index (κ2) is 12.0. The van der Waals surface area contributed by atoms with Gasteiger partial charge in [-0.1, -0.05) is 13.8 Å². The van der Waals surface area contributed by atoms with Gasteiger partial charge in [0, 0.05) is 19.3 Å². The fraction of sp³-hybridized carbons (Fsp3) is 0.923. The van der Waals surface area contributed by atoms with Gasteiger partial charge in [-0.3, -0.25) is 9.59 Å². The molecular formula is C26H44O10. The highest BCUT2D eigenvalue weighted by molar-refractivity contribution is 5.69. The van der Waals surface area contributed by atoms with E-state index in [-0.39, 0.29) is 24.8 Å². The molecule has 0 bridgehead atoms. The van der Waals surface area contributed by atoms with Gasteiger partial charge in [0.05, 0.1) is 39.3 Å². The summed E-state index contributed by atoms with van der Waals surface area (Å²) in [4.78, 5) is 23.7. The largest absolute Gasteiger partial charge is 0.466 e. The molecule has 10 nitrogen and oxygen atoms in total. The van der Waals surface area contributed by atoms with Gasteiger partial charge < -0.3 is 37.9 Å². The van der Waals surface area contributed by atoms with Gasteiger partial charge in [-0.15, -0.1) is 0 Å². The number of carbonyl (C=O) groups is 2. The van der Waals surface area contributed by atoms with Crippen molar-refractivity contribution in [3.8, 4) is 0 Å². The zero-order valence-electron chi connectivity index (χ0n) is 22.8. The van der Waals surface area contributed by atoms with E-state index in [2.05, 4.69) is 13.8 Å². The van der Waals surface area contributed by atoms with Crippen molar-refractivity contribution in [1.29, 1.82) is 0 Å². The summed E-state index contributed by atoms with van der Waals surface area (Å²) >= 11 is 0. The predicted octanol–water partition coefficient (Wildman–Crippen LogP) is 3.48. The molecule has 0 amide bonds. The Labute approximate surface area is 214 Å². The van der Waals surface area contributed by atoms with Gasteiger partial charge in [-0.25, -0.2) is 0 Å². The lowest BCUT2D eigenvalue weighted by atomic mass is 10.0. The fourth-order valence-corrected chi connectivity index (χ4v) is 5.15. The smallest absolute Gasteiger partial charge is 0.305 e. The van der Waals surface area contributed by atoms with Crippen LogP contribution in [0.1, 0.15) is 80.6 Å². The van der Waals surface area contributed by atoms with Crippen LogP contribution in [0.3, 0.4) is 0 Å². The monoisotopic (exact) mass is 516 g/mol. The maximum absolute atomic E-state index is 11.8. The average molecular weight is 517 g/mol. The fourth-order valence-electron chi connectivity index (χ4n) is 5.15. The number of esters is 2. The summed E-state index contributed by atoms with van der Waals surface area (Å²) in [6, 6.07) is 0. The first kappa shape index (κ1) is 29.3. The Morgan fingerprint density at radius 2 is 1.17 bits per heavy atom. The van der Waals surface area contributed by atoms with Crippen molar-refractivity contribution < 1.29 is 47.5 Å². The number of ether oxygens (including phenoxy) is 8. The molecule has 6 unspecified atom stereocenters. The van der Waals surface area contributed by atoms with Gasteiger partial charge in [0.2, 0.25) is 0 Å². The van der Waals surface area contributed by atoms with Crippen LogP contribution in [-0.4, -0.2) is 80.1 Å². The molecule has 3 saturated heterocycles. The zero-order chi connectivity index (χ0) is 26.6. The third kappa shape index (κ3) is 7.61. The van der Waals surface area contributed by atoms with Gasteiger partial charge in [-0.2, -0.15) is 0 Å². The number of carbonyl (C=O) groups excluding carboxylic acids is 2. The SMILES string of the molecule is CCOC(=O)CCC1(C)OCC(C2OC(C)(CC(C)C)OC2C2COC(C)(CCC(=O)OCC)O2)O1. The van der Waals surface area contributed by atoms with E-state index in [4.69, 9.17) is 37.9 Å². The van der Waals surface area contributed by atoms with Crippen LogP contribution >= 0.6 is 0 Å². The summed E-state index contributed by atoms with van der Waals surface area (Å²) in [5.41, 5.74) is 0. The molecule has 3 rings (SSSR count). The lowest BCUT2D eigenvalue weighted by Crippen LogP contribution is -2.45. The van der Waals surface area contributed by atoms with Gasteiger partial charge in [0.15, 0.2) is 17.4 Å². The first-order valence-corrected chi connectivity index (χ1v) is 13.2. The number of rotatable bonds is 12. The Morgan fingerprint density at radius 1 is 0.750 bits per heavy atom. The molecule has 3 heterocycles. The summed E-state index contributed by atoms with van der Waals surface area (Å²) in [7, 11) is 0. The molecule has 0 spiro atoms. The van der Waals surface area contributed by atoms with Crippen LogP contribution in [0, 0.1) is 5.92 Å². The van der Waals surface area contributed by atoms with Crippen molar-refractivity contribution in [2.75, 3.05) is 26.4 Å². The maximum atomic E-state index is 11.8. The summed E-state index contributed by atoms with van der Waals surface area (Å²) in [6.45, 7) is 14.7. The van der Waals surface area contributed by atoms with E-state index in [0.29, 0.717) is 51.6 Å². The van der Waals surface area contributed by atoms with E-state index in [1.807, 2.05) is 20.8 Å². The highest BCUT2D eigenvalue weighted by Crippen LogP contribution is 2.43. The molecular weight excluding hydrogens is 472 g/mol. The van der Waals surface area contributed by atoms with E-state index in [1.165, 1.54) is 0 Å². The zero-order valence-corrected chi connectivity index (χ0v) is 22.8. The topological polar surface area (TPSA) is 108 Å². The van der Waals surface area contributed by atoms with Crippen LogP contribution in [0.25, 0.3) is 0 Å². The average Bonchev–Trinajstić information content (AvgIpc) is 3.47. The van der Waals surface area contributed by atoms with Gasteiger partial charge in [-0.05, 0) is 40.5 Å². The molecule has 10 heteroatoms. The Balaban J connectivity index is 1.67. The molecule has 3 aliphatic heterocycles. The van der Waals surface area contributed by atoms with Gasteiger partial charge >= 0.3 is 11.9 Å². The lowest BCUT2D eigenvalue weighted by Gasteiger charge is -2.28. The van der Waals surface area contributed by atoms with Crippen molar-refractivity contribution in [2.24, 2.45) is 5.92 Å². The minimum Gasteiger partial charge on any atom is -0.466 e. The highest BCUT2D eigenvalue weighted by Gasteiger charge is 2.57. The van der Waals surface area contributed by atoms with Crippen LogP contribution in [0.15, 0.2) is 0 Å². The van der Waals surface area contributed by atoms with Gasteiger partial charge in [0.25, 0.3) is 0 Å². The van der Waals surface area contributed by atoms with E-state index < -0.39 is 41.8 Å². The molecule has 3 fully saturated rings. The van der Waals surface area contributed by atoms with Crippen LogP contribution in [0.2, 0.25) is 0 Å². The maximum Gasteiger partial charge on any atom is 0.305 e. The van der Waals surface area contributed by atoms with E-state index in [9.17, 15) is 9.59 Å². The normalized spacial score (nSPS) is 38.6. The van der Waals surface area contributed by atoms with E-state index in [1.54, 1.807) is 13.8 Å². The molecule has 0 aromatic heterocycles. The predicted molar refractivity (Wildman–Crippen MR) is 128 cm³/mol. The van der Waals surface area contributed by atoms with Crippen molar-refractivity contribution in [3.63, 3.8) is 0 Å². The Morgan fingerprint density at radius 3 is 1.53 bits per heavy atom. The minimum atomic E-state index is -0.927. The van der Waals surface area contributed by atoms with E-state index >= 15 is 0 Å². The van der Waals surface area contributed by atoms with E-state index in [0.717, 1.165) is 0 Å². The summed E-state index contributed by atoms with van der Waals surface area (Å²) in [5, 5.41) is 0. The molecule has 0 aromatic rings. The molecule has 0 N–H and O–H groups in total. The molecule has 0 saturated carbocycles. The van der Waals surface area contributed by atoms with Crippen molar-refractivity contribution in [1.82, 2.24) is 0 Å². The summed E-state index contributed by atoms with van der Waals surface area (Å²) in [5.74, 6) is -2.88. The quantitative estimate of drug-likeness (QED) is 0.358. The molecule has 3 aliphatic rings. The Kier molecular flexibility index (Phi) is 9.79. The third-order valence-electron chi connectivity index (χ3n) is 6.69. The first-order chi connectivity index (χ1) is 16.9. The lowest BCUT2D eigenvalue weighted by molar-refractivity contribution is -0.200. The molecule has 0 radical (unpaired) electrons. The highest BCUT2D eigenvalue weighted by atomic mass is 16.8. The standard InChI is InChI=1S/C26H44O10/c1-8-29-20(27)10-12-24(5)31-15-18(33-24)22-23(36-26(7,35-22)14-17(3)4)19-16-32-25(6,34-19)13-11-21(28)30-9-2/h17-19,22-23H,8-16H2,1-7H3. The van der Waals surface area contributed by atoms with Crippen molar-refractivity contribution in [3.05, 3.63) is 0 Å². The van der Waals surface area contributed by atoms with Crippen molar-refractivity contribution in [2.45, 2.75) is 122 Å². The summed E-state index contributed by atoms with van der Waals surface area (Å²) in [6.07, 6.45) is 0.104. The number of hydrogen-bond donors (Lipinski definition) is 0. The Bertz CT molecular complexity index is 703. The minimum absolute atomic E-state index is 0.200. The second-order valence-electron chi connectivity index (χ2n) is 10.7. The number of hydrogen-bond acceptors (Lipinski definition) is 10. The first-order valence-electron chi connectivity index (χ1n) is 13.2. The second-order valence-corrected chi connectivity index (χ2v) is 10.7. The van der Waals surface area contributed by atoms with Crippen LogP contribution in [0.5, 0.6) is 0 Å². The van der Waals surface area contributed by atoms with Crippen LogP contribution in [-0.2, 0) is 47.5 Å². The Hall–Kier alpha value is -1.30. The molecule has 0 aromatic carbocycles. The molecule has 36 heavy (non-hydrogen) atoms. The molecule has 6 atom stereocenters. The molecule has 0 aliphatic carbocycles. The van der Waals surface area contributed by atoms with Crippen LogP contribution < -0.4 is 0 Å². The van der Waals surface area contributed by atoms with Crippen LogP contribution in [0.4, 0.5) is 0 Å². The molecule has 208 valence electrons. The summed E-state index contributed by atoms with van der Waals surface area (Å²) < 4.78 is 47.7.